The Balaban J connectivity index is 0.00000112. The van der Waals surface area contributed by atoms with Crippen molar-refractivity contribution in [2.45, 2.75) is 12.5 Å². The standard InChI is InChI=1S/C10H12BrNO2.ClH/c1-14-9-5-6(11)4-7(10(9)13)8-2-3-12-8;/h4-5,8,12-13H,2-3H2,1H3;1H/t8-;/m0./s1. The number of halogens is 2. The van der Waals surface area contributed by atoms with Crippen molar-refractivity contribution in [3.05, 3.63) is 22.2 Å². The Morgan fingerprint density at radius 1 is 1.53 bits per heavy atom. The van der Waals surface area contributed by atoms with Gasteiger partial charge in [0.1, 0.15) is 0 Å². The Morgan fingerprint density at radius 2 is 2.20 bits per heavy atom. The molecule has 0 amide bonds. The predicted molar refractivity (Wildman–Crippen MR) is 65.0 cm³/mol. The van der Waals surface area contributed by atoms with E-state index >= 15 is 0 Å². The van der Waals surface area contributed by atoms with Gasteiger partial charge in [0, 0.05) is 16.1 Å². The van der Waals surface area contributed by atoms with Gasteiger partial charge in [-0.3, -0.25) is 0 Å². The summed E-state index contributed by atoms with van der Waals surface area (Å²) < 4.78 is 6.00. The molecule has 15 heavy (non-hydrogen) atoms. The van der Waals surface area contributed by atoms with Crippen molar-refractivity contribution in [1.29, 1.82) is 0 Å². The highest BCUT2D eigenvalue weighted by Gasteiger charge is 2.23. The molecule has 3 nitrogen and oxygen atoms in total. The maximum Gasteiger partial charge on any atom is 0.162 e. The van der Waals surface area contributed by atoms with Gasteiger partial charge in [-0.05, 0) is 25.1 Å². The monoisotopic (exact) mass is 293 g/mol. The molecule has 0 unspecified atom stereocenters. The number of aromatic hydroxyl groups is 1. The van der Waals surface area contributed by atoms with E-state index in [0.717, 1.165) is 23.0 Å². The Kier molecular flexibility index (Phi) is 4.25. The summed E-state index contributed by atoms with van der Waals surface area (Å²) in [7, 11) is 1.56. The van der Waals surface area contributed by atoms with E-state index in [9.17, 15) is 5.11 Å². The molecule has 1 fully saturated rings. The molecule has 1 aliphatic heterocycles. The normalized spacial score (nSPS) is 18.9. The first-order chi connectivity index (χ1) is 6.72. The highest BCUT2D eigenvalue weighted by molar-refractivity contribution is 9.10. The Bertz CT molecular complexity index is 356. The highest BCUT2D eigenvalue weighted by Crippen LogP contribution is 2.39. The minimum Gasteiger partial charge on any atom is -0.504 e. The van der Waals surface area contributed by atoms with Gasteiger partial charge in [-0.25, -0.2) is 0 Å². The van der Waals surface area contributed by atoms with Crippen LogP contribution in [-0.4, -0.2) is 18.8 Å². The molecule has 1 aromatic carbocycles. The summed E-state index contributed by atoms with van der Waals surface area (Å²) in [4.78, 5) is 0. The lowest BCUT2D eigenvalue weighted by Crippen LogP contribution is -2.34. The molecule has 1 heterocycles. The molecule has 2 N–H and O–H groups in total. The molecule has 1 atom stereocenters. The van der Waals surface area contributed by atoms with Crippen LogP contribution in [0.2, 0.25) is 0 Å². The summed E-state index contributed by atoms with van der Waals surface area (Å²) in [5.74, 6) is 0.760. The fraction of sp³-hybridized carbons (Fsp3) is 0.400. The van der Waals surface area contributed by atoms with Crippen molar-refractivity contribution in [2.24, 2.45) is 0 Å². The van der Waals surface area contributed by atoms with Crippen LogP contribution in [0.3, 0.4) is 0 Å². The minimum atomic E-state index is 0. The molecular formula is C10H13BrClNO2. The molecule has 1 saturated heterocycles. The van der Waals surface area contributed by atoms with Crippen LogP contribution in [-0.2, 0) is 0 Å². The van der Waals surface area contributed by atoms with Crippen LogP contribution in [0.15, 0.2) is 16.6 Å². The van der Waals surface area contributed by atoms with E-state index in [1.165, 1.54) is 0 Å². The number of benzene rings is 1. The number of hydrogen-bond donors (Lipinski definition) is 2. The SMILES string of the molecule is COc1cc(Br)cc([C@@H]2CCN2)c1O.Cl. The third-order valence-corrected chi connectivity index (χ3v) is 2.95. The Morgan fingerprint density at radius 3 is 2.67 bits per heavy atom. The summed E-state index contributed by atoms with van der Waals surface area (Å²) >= 11 is 3.39. The lowest BCUT2D eigenvalue weighted by atomic mass is 9.97. The van der Waals surface area contributed by atoms with Crippen molar-refractivity contribution in [1.82, 2.24) is 5.32 Å². The van der Waals surface area contributed by atoms with Crippen molar-refractivity contribution in [2.75, 3.05) is 13.7 Å². The van der Waals surface area contributed by atoms with Gasteiger partial charge in [-0.15, -0.1) is 12.4 Å². The fourth-order valence-corrected chi connectivity index (χ4v) is 2.02. The zero-order valence-electron chi connectivity index (χ0n) is 8.29. The number of phenolic OH excluding ortho intramolecular Hbond substituents is 1. The second kappa shape index (κ2) is 5.05. The van der Waals surface area contributed by atoms with Crippen LogP contribution in [0.5, 0.6) is 11.5 Å². The van der Waals surface area contributed by atoms with Crippen molar-refractivity contribution in [3.8, 4) is 11.5 Å². The summed E-state index contributed by atoms with van der Waals surface area (Å²) in [6, 6.07) is 3.95. The maximum atomic E-state index is 9.86. The van der Waals surface area contributed by atoms with Gasteiger partial charge in [-0.1, -0.05) is 15.9 Å². The number of hydrogen-bond acceptors (Lipinski definition) is 3. The van der Waals surface area contributed by atoms with Crippen molar-refractivity contribution >= 4 is 28.3 Å². The molecule has 0 spiro atoms. The number of ether oxygens (including phenoxy) is 1. The Labute approximate surface area is 103 Å². The van der Waals surface area contributed by atoms with Crippen LogP contribution >= 0.6 is 28.3 Å². The Hall–Kier alpha value is -0.450. The van der Waals surface area contributed by atoms with Gasteiger partial charge in [-0.2, -0.15) is 0 Å². The molecule has 2 rings (SSSR count). The third kappa shape index (κ3) is 2.38. The van der Waals surface area contributed by atoms with E-state index in [1.54, 1.807) is 13.2 Å². The molecule has 0 bridgehead atoms. The smallest absolute Gasteiger partial charge is 0.162 e. The average molecular weight is 295 g/mol. The van der Waals surface area contributed by atoms with E-state index < -0.39 is 0 Å². The second-order valence-corrected chi connectivity index (χ2v) is 4.26. The van der Waals surface area contributed by atoms with Crippen molar-refractivity contribution in [3.63, 3.8) is 0 Å². The molecule has 1 aromatic rings. The van der Waals surface area contributed by atoms with Crippen LogP contribution in [0.1, 0.15) is 18.0 Å². The molecule has 0 aliphatic carbocycles. The highest BCUT2D eigenvalue weighted by atomic mass is 79.9. The van der Waals surface area contributed by atoms with Gasteiger partial charge in [0.2, 0.25) is 0 Å². The van der Waals surface area contributed by atoms with Crippen LogP contribution in [0, 0.1) is 0 Å². The minimum absolute atomic E-state index is 0. The third-order valence-electron chi connectivity index (χ3n) is 2.49. The predicted octanol–water partition coefficient (Wildman–Crippen LogP) is 2.62. The number of methoxy groups -OCH3 is 1. The van der Waals surface area contributed by atoms with Crippen LogP contribution in [0.4, 0.5) is 0 Å². The van der Waals surface area contributed by atoms with Gasteiger partial charge in [0.25, 0.3) is 0 Å². The first-order valence-corrected chi connectivity index (χ1v) is 5.31. The quantitative estimate of drug-likeness (QED) is 0.881. The maximum absolute atomic E-state index is 9.86. The van der Waals surface area contributed by atoms with E-state index in [1.807, 2.05) is 6.07 Å². The molecule has 0 aromatic heterocycles. The largest absolute Gasteiger partial charge is 0.504 e. The van der Waals surface area contributed by atoms with Gasteiger partial charge in [0.15, 0.2) is 11.5 Å². The van der Waals surface area contributed by atoms with Gasteiger partial charge < -0.3 is 15.2 Å². The number of nitrogens with one attached hydrogen (secondary N) is 1. The fourth-order valence-electron chi connectivity index (χ4n) is 1.57. The van der Waals surface area contributed by atoms with Crippen molar-refractivity contribution < 1.29 is 9.84 Å². The molecule has 0 saturated carbocycles. The zero-order valence-corrected chi connectivity index (χ0v) is 10.7. The summed E-state index contributed by atoms with van der Waals surface area (Å²) in [6.45, 7) is 1.01. The zero-order chi connectivity index (χ0) is 10.1. The lowest BCUT2D eigenvalue weighted by Gasteiger charge is -2.29. The topological polar surface area (TPSA) is 41.5 Å². The number of rotatable bonds is 2. The van der Waals surface area contributed by atoms with Crippen LogP contribution in [0.25, 0.3) is 0 Å². The molecule has 1 aliphatic rings. The lowest BCUT2D eigenvalue weighted by molar-refractivity contribution is 0.341. The van der Waals surface area contributed by atoms with Gasteiger partial charge >= 0.3 is 0 Å². The van der Waals surface area contributed by atoms with E-state index in [2.05, 4.69) is 21.2 Å². The van der Waals surface area contributed by atoms with E-state index in [4.69, 9.17) is 4.74 Å². The summed E-state index contributed by atoms with van der Waals surface area (Å²) in [5, 5.41) is 13.1. The molecule has 0 radical (unpaired) electrons. The summed E-state index contributed by atoms with van der Waals surface area (Å²) in [6.07, 6.45) is 1.06. The van der Waals surface area contributed by atoms with E-state index in [0.29, 0.717) is 5.75 Å². The van der Waals surface area contributed by atoms with Gasteiger partial charge in [0.05, 0.1) is 7.11 Å². The molecule has 5 heteroatoms. The average Bonchev–Trinajstić information content (AvgIpc) is 2.07. The summed E-state index contributed by atoms with van der Waals surface area (Å²) in [5.41, 5.74) is 0.905. The van der Waals surface area contributed by atoms with Crippen LogP contribution < -0.4 is 10.1 Å². The molecule has 84 valence electrons. The number of phenols is 1. The first kappa shape index (κ1) is 12.6. The second-order valence-electron chi connectivity index (χ2n) is 3.34. The first-order valence-electron chi connectivity index (χ1n) is 4.52. The molecular weight excluding hydrogens is 281 g/mol. The van der Waals surface area contributed by atoms with E-state index in [-0.39, 0.29) is 24.2 Å².